The van der Waals surface area contributed by atoms with Gasteiger partial charge in [0.05, 0.1) is 25.1 Å². The maximum atomic E-state index is 9.00. The largest absolute Gasteiger partial charge is 0.311 e. The van der Waals surface area contributed by atoms with Gasteiger partial charge in [-0.15, -0.1) is 0 Å². The lowest BCUT2D eigenvalue weighted by atomic mass is 9.33. The fourth-order valence-electron chi connectivity index (χ4n) is 7.40. The molecule has 0 atom stereocenters. The molecule has 2 aliphatic heterocycles. The standard InChI is InChI=1S/C46H37BN2/c1-46(2,3)34-29-30-38-44(31-34)49(40-25-14-11-22-36(40)33-19-8-5-9-20-33)43-28-16-27-42-45(43)47(38)37-23-12-15-26-41(37)48(42)39-24-13-10-21-35(39)32-17-6-4-7-18-32/h4-31H,1-3H3/i4D,5D,6D,7D,8D,9D,17D,18D,19D,20D. The van der Waals surface area contributed by atoms with Crippen molar-refractivity contribution in [1.82, 2.24) is 0 Å². The van der Waals surface area contributed by atoms with E-state index in [0.29, 0.717) is 22.5 Å². The first-order valence-electron chi connectivity index (χ1n) is 21.4. The van der Waals surface area contributed by atoms with Crippen molar-refractivity contribution in [3.8, 4) is 22.3 Å². The molecule has 7 aromatic rings. The average Bonchev–Trinajstić information content (AvgIpc) is 3.23. The Morgan fingerprint density at radius 3 is 1.51 bits per heavy atom. The molecule has 2 heterocycles. The maximum absolute atomic E-state index is 9.00. The Kier molecular flexibility index (Phi) is 4.79. The smallest absolute Gasteiger partial charge is 0.252 e. The molecule has 0 bridgehead atoms. The molecule has 234 valence electrons. The van der Waals surface area contributed by atoms with Gasteiger partial charge in [0.1, 0.15) is 0 Å². The molecule has 3 heteroatoms. The van der Waals surface area contributed by atoms with Crippen LogP contribution in [0.3, 0.4) is 0 Å². The van der Waals surface area contributed by atoms with Gasteiger partial charge in [-0.25, -0.2) is 0 Å². The highest BCUT2D eigenvalue weighted by Gasteiger charge is 2.43. The number of fused-ring (bicyclic) bond motifs is 4. The van der Waals surface area contributed by atoms with Crippen molar-refractivity contribution < 1.29 is 13.7 Å². The van der Waals surface area contributed by atoms with E-state index in [0.717, 1.165) is 44.7 Å². The Balaban J connectivity index is 1.37. The molecule has 0 N–H and O–H groups in total. The van der Waals surface area contributed by atoms with Crippen LogP contribution < -0.4 is 26.2 Å². The molecular formula is C46H37BN2. The number of para-hydroxylation sites is 3. The Labute approximate surface area is 304 Å². The molecule has 0 radical (unpaired) electrons. The zero-order chi connectivity index (χ0) is 41.8. The molecule has 0 saturated carbocycles. The SMILES string of the molecule is [2H]c1c([2H])c([2H])c(-c2ccccc2N2c3ccccc3B3c4ccc(C(C)(C)C)cc4N(c4ccccc4-c4c([2H])c([2H])c([2H])c([2H])c4[2H])c4cccc2c43)c([2H])c1[2H]. The predicted octanol–water partition coefficient (Wildman–Crippen LogP) is 10.4. The zero-order valence-corrected chi connectivity index (χ0v) is 27.4. The van der Waals surface area contributed by atoms with E-state index in [2.05, 4.69) is 54.8 Å². The second kappa shape index (κ2) is 11.4. The van der Waals surface area contributed by atoms with E-state index in [-0.39, 0.29) is 47.4 Å². The number of hydrogen-bond acceptors (Lipinski definition) is 2. The van der Waals surface area contributed by atoms with Crippen molar-refractivity contribution in [3.63, 3.8) is 0 Å². The Hall–Kier alpha value is -5.80. The minimum absolute atomic E-state index is 0.102. The third-order valence-corrected chi connectivity index (χ3v) is 9.60. The monoisotopic (exact) mass is 638 g/mol. The van der Waals surface area contributed by atoms with Crippen LogP contribution in [-0.4, -0.2) is 6.71 Å². The van der Waals surface area contributed by atoms with Crippen molar-refractivity contribution in [2.24, 2.45) is 0 Å². The van der Waals surface area contributed by atoms with Gasteiger partial charge in [0.25, 0.3) is 6.71 Å². The normalized spacial score (nSPS) is 15.9. The topological polar surface area (TPSA) is 6.48 Å². The van der Waals surface area contributed by atoms with Gasteiger partial charge in [-0.05, 0) is 74.9 Å². The summed E-state index contributed by atoms with van der Waals surface area (Å²) in [5, 5.41) is 0. The summed E-state index contributed by atoms with van der Waals surface area (Å²) >= 11 is 0. The van der Waals surface area contributed by atoms with Crippen molar-refractivity contribution >= 4 is 57.2 Å². The van der Waals surface area contributed by atoms with Crippen LogP contribution in [0.1, 0.15) is 40.0 Å². The first-order chi connectivity index (χ1) is 28.1. The van der Waals surface area contributed by atoms with Crippen LogP contribution in [-0.2, 0) is 5.41 Å². The Morgan fingerprint density at radius 2 is 0.939 bits per heavy atom. The molecule has 0 fully saturated rings. The zero-order valence-electron chi connectivity index (χ0n) is 37.4. The molecule has 0 amide bonds. The summed E-state index contributed by atoms with van der Waals surface area (Å²) in [5.41, 5.74) is 9.70. The fraction of sp³-hybridized carbons (Fsp3) is 0.0870. The maximum Gasteiger partial charge on any atom is 0.252 e. The minimum atomic E-state index is -0.457. The second-order valence-corrected chi connectivity index (χ2v) is 13.4. The minimum Gasteiger partial charge on any atom is -0.311 e. The van der Waals surface area contributed by atoms with Crippen LogP contribution in [0.25, 0.3) is 22.3 Å². The number of benzene rings is 7. The second-order valence-electron chi connectivity index (χ2n) is 13.4. The van der Waals surface area contributed by atoms with Gasteiger partial charge in [-0.1, -0.05) is 154 Å². The lowest BCUT2D eigenvalue weighted by Gasteiger charge is -2.45. The Morgan fingerprint density at radius 1 is 0.469 bits per heavy atom. The summed E-state index contributed by atoms with van der Waals surface area (Å²) in [4.78, 5) is 4.25. The quantitative estimate of drug-likeness (QED) is 0.177. The summed E-state index contributed by atoms with van der Waals surface area (Å²) in [5.74, 6) is 0. The first-order valence-corrected chi connectivity index (χ1v) is 16.4. The molecule has 9 rings (SSSR count). The highest BCUT2D eigenvalue weighted by Crippen LogP contribution is 2.48. The summed E-state index contributed by atoms with van der Waals surface area (Å²) in [6, 6.07) is 31.8. The van der Waals surface area contributed by atoms with E-state index in [9.17, 15) is 0 Å². The van der Waals surface area contributed by atoms with E-state index in [4.69, 9.17) is 13.7 Å². The van der Waals surface area contributed by atoms with Crippen LogP contribution >= 0.6 is 0 Å². The molecular weight excluding hydrogens is 591 g/mol. The van der Waals surface area contributed by atoms with Gasteiger partial charge < -0.3 is 9.80 Å². The summed E-state index contributed by atoms with van der Waals surface area (Å²) in [7, 11) is 0. The van der Waals surface area contributed by atoms with Crippen LogP contribution in [0.5, 0.6) is 0 Å². The number of hydrogen-bond donors (Lipinski definition) is 0. The van der Waals surface area contributed by atoms with Gasteiger partial charge in [-0.3, -0.25) is 0 Å². The van der Waals surface area contributed by atoms with Gasteiger partial charge in [0, 0.05) is 33.9 Å². The van der Waals surface area contributed by atoms with Gasteiger partial charge in [-0.2, -0.15) is 0 Å². The van der Waals surface area contributed by atoms with Crippen molar-refractivity contribution in [2.75, 3.05) is 9.80 Å². The molecule has 0 spiro atoms. The third kappa shape index (κ3) is 4.72. The summed E-state index contributed by atoms with van der Waals surface area (Å²) in [6.07, 6.45) is 0. The molecule has 7 aromatic carbocycles. The van der Waals surface area contributed by atoms with Gasteiger partial charge >= 0.3 is 0 Å². The van der Waals surface area contributed by atoms with E-state index >= 15 is 0 Å². The van der Waals surface area contributed by atoms with Crippen molar-refractivity contribution in [2.45, 2.75) is 26.2 Å². The highest BCUT2D eigenvalue weighted by atomic mass is 15.2. The van der Waals surface area contributed by atoms with Crippen LogP contribution in [0, 0.1) is 0 Å². The first kappa shape index (κ1) is 20.5. The van der Waals surface area contributed by atoms with Gasteiger partial charge in [0.2, 0.25) is 0 Å². The lowest BCUT2D eigenvalue weighted by Crippen LogP contribution is -2.61. The van der Waals surface area contributed by atoms with Crippen molar-refractivity contribution in [1.29, 1.82) is 0 Å². The number of anilines is 6. The fourth-order valence-corrected chi connectivity index (χ4v) is 7.40. The lowest BCUT2D eigenvalue weighted by molar-refractivity contribution is 0.590. The summed E-state index contributed by atoms with van der Waals surface area (Å²) in [6.45, 7) is 6.23. The van der Waals surface area contributed by atoms with Crippen LogP contribution in [0.4, 0.5) is 34.1 Å². The van der Waals surface area contributed by atoms with E-state index in [1.807, 2.05) is 66.7 Å². The van der Waals surface area contributed by atoms with E-state index in [1.165, 1.54) is 0 Å². The molecule has 2 nitrogen and oxygen atoms in total. The molecule has 2 aliphatic rings. The van der Waals surface area contributed by atoms with Crippen LogP contribution in [0.15, 0.2) is 170 Å². The van der Waals surface area contributed by atoms with Crippen LogP contribution in [0.2, 0.25) is 0 Å². The van der Waals surface area contributed by atoms with E-state index < -0.39 is 36.3 Å². The number of nitrogens with zero attached hydrogens (tertiary/aromatic N) is 2. The van der Waals surface area contributed by atoms with E-state index in [1.54, 1.807) is 18.2 Å². The average molecular weight is 639 g/mol. The molecule has 0 saturated heterocycles. The number of rotatable bonds is 4. The van der Waals surface area contributed by atoms with Gasteiger partial charge in [0.15, 0.2) is 0 Å². The highest BCUT2D eigenvalue weighted by molar-refractivity contribution is 7.00. The molecule has 0 aliphatic carbocycles. The summed E-state index contributed by atoms with van der Waals surface area (Å²) < 4.78 is 86.6. The molecule has 49 heavy (non-hydrogen) atoms. The third-order valence-electron chi connectivity index (χ3n) is 9.60. The Bertz CT molecular complexity index is 2870. The predicted molar refractivity (Wildman–Crippen MR) is 210 cm³/mol. The molecule has 0 unspecified atom stereocenters. The molecule has 0 aromatic heterocycles. The van der Waals surface area contributed by atoms with Crippen molar-refractivity contribution in [3.05, 3.63) is 175 Å².